The zero-order chi connectivity index (χ0) is 9.56. The van der Waals surface area contributed by atoms with Crippen LogP contribution in [0.25, 0.3) is 0 Å². The molecule has 0 saturated carbocycles. The van der Waals surface area contributed by atoms with Gasteiger partial charge in [-0.2, -0.15) is 5.26 Å². The van der Waals surface area contributed by atoms with Crippen LogP contribution in [0.1, 0.15) is 6.92 Å². The zero-order valence-electron chi connectivity index (χ0n) is 7.20. The molecular weight excluding hydrogens is 156 g/mol. The molecule has 0 bridgehead atoms. The van der Waals surface area contributed by atoms with Crippen LogP contribution in [0.3, 0.4) is 0 Å². The maximum Gasteiger partial charge on any atom is 0.121 e. The number of rotatable bonds is 5. The molecule has 0 fully saturated rings. The molecule has 0 rings (SSSR count). The van der Waals surface area contributed by atoms with Crippen molar-refractivity contribution in [1.82, 2.24) is 5.32 Å². The van der Waals surface area contributed by atoms with Crippen LogP contribution in [0.4, 0.5) is 0 Å². The van der Waals surface area contributed by atoms with E-state index in [1.165, 1.54) is 0 Å². The van der Waals surface area contributed by atoms with Crippen LogP contribution in [-0.2, 0) is 0 Å². The molecule has 0 aromatic carbocycles. The first-order valence-corrected chi connectivity index (χ1v) is 3.86. The number of aliphatic hydroxyl groups excluding tert-OH is 1. The number of nitrogens with zero attached hydrogens (tertiary/aromatic N) is 1. The number of hydrogen-bond acceptors (Lipinski definition) is 5. The molecule has 0 amide bonds. The Labute approximate surface area is 72.3 Å². The summed E-state index contributed by atoms with van der Waals surface area (Å²) in [5.74, 6) is 0.127. The van der Waals surface area contributed by atoms with Gasteiger partial charge in [0.1, 0.15) is 6.04 Å². The molecule has 0 heterocycles. The summed E-state index contributed by atoms with van der Waals surface area (Å²) in [6.45, 7) is 2.53. The van der Waals surface area contributed by atoms with Gasteiger partial charge in [-0.3, -0.25) is 5.32 Å². The molecule has 70 valence electrons. The van der Waals surface area contributed by atoms with Gasteiger partial charge in [0.2, 0.25) is 0 Å². The molecule has 5 heteroatoms. The lowest BCUT2D eigenvalue weighted by Gasteiger charge is -2.17. The number of nitriles is 1. The maximum absolute atomic E-state index is 8.67. The highest BCUT2D eigenvalue weighted by molar-refractivity contribution is 4.93. The van der Waals surface area contributed by atoms with Crippen molar-refractivity contribution in [1.29, 1.82) is 5.26 Å². The largest absolute Gasteiger partial charge is 0.396 e. The fourth-order valence-electron chi connectivity index (χ4n) is 0.609. The van der Waals surface area contributed by atoms with Gasteiger partial charge in [-0.1, -0.05) is 6.92 Å². The Morgan fingerprint density at radius 1 is 1.58 bits per heavy atom. The van der Waals surface area contributed by atoms with Gasteiger partial charge < -0.3 is 16.6 Å². The summed E-state index contributed by atoms with van der Waals surface area (Å²) in [7, 11) is 0. The van der Waals surface area contributed by atoms with E-state index in [0.717, 1.165) is 0 Å². The lowest BCUT2D eigenvalue weighted by Crippen LogP contribution is -2.51. The van der Waals surface area contributed by atoms with E-state index in [1.54, 1.807) is 0 Å². The van der Waals surface area contributed by atoms with E-state index >= 15 is 0 Å². The van der Waals surface area contributed by atoms with E-state index in [1.807, 2.05) is 13.0 Å². The van der Waals surface area contributed by atoms with Crippen molar-refractivity contribution < 1.29 is 5.11 Å². The van der Waals surface area contributed by atoms with Gasteiger partial charge in [0.05, 0.1) is 12.2 Å². The summed E-state index contributed by atoms with van der Waals surface area (Å²) in [5.41, 5.74) is 10.8. The molecule has 0 radical (unpaired) electrons. The van der Waals surface area contributed by atoms with Gasteiger partial charge in [-0.25, -0.2) is 0 Å². The number of nitrogens with two attached hydrogens (primary N) is 2. The average Bonchev–Trinajstić information content (AvgIpc) is 2.11. The highest BCUT2D eigenvalue weighted by Crippen LogP contribution is 1.90. The lowest BCUT2D eigenvalue weighted by atomic mass is 10.2. The van der Waals surface area contributed by atoms with Crippen LogP contribution >= 0.6 is 0 Å². The van der Waals surface area contributed by atoms with Crippen molar-refractivity contribution in [3.8, 4) is 6.07 Å². The van der Waals surface area contributed by atoms with Crippen molar-refractivity contribution in [2.45, 2.75) is 19.1 Å². The predicted octanol–water partition coefficient (Wildman–Crippen LogP) is -1.66. The molecule has 0 aromatic heterocycles. The summed E-state index contributed by atoms with van der Waals surface area (Å²) in [5, 5.41) is 19.9. The second-order valence-corrected chi connectivity index (χ2v) is 2.88. The van der Waals surface area contributed by atoms with Crippen molar-refractivity contribution in [2.75, 3.05) is 13.2 Å². The van der Waals surface area contributed by atoms with Crippen LogP contribution in [-0.4, -0.2) is 30.5 Å². The Hall–Kier alpha value is -0.670. The molecule has 0 saturated heterocycles. The fourth-order valence-corrected chi connectivity index (χ4v) is 0.609. The fraction of sp³-hybridized carbons (Fsp3) is 0.857. The molecule has 0 spiro atoms. The molecule has 3 unspecified atom stereocenters. The molecule has 0 aliphatic rings. The Morgan fingerprint density at radius 3 is 2.58 bits per heavy atom. The van der Waals surface area contributed by atoms with Gasteiger partial charge in [-0.05, 0) is 5.92 Å². The first-order chi connectivity index (χ1) is 5.61. The molecule has 3 atom stereocenters. The lowest BCUT2D eigenvalue weighted by molar-refractivity contribution is 0.229. The van der Waals surface area contributed by atoms with Crippen molar-refractivity contribution in [3.05, 3.63) is 0 Å². The van der Waals surface area contributed by atoms with Crippen LogP contribution in [0.15, 0.2) is 0 Å². The summed E-state index contributed by atoms with van der Waals surface area (Å²) in [6, 6.07) is 1.14. The molecule has 0 aliphatic carbocycles. The van der Waals surface area contributed by atoms with Crippen LogP contribution in [0.2, 0.25) is 0 Å². The third-order valence-corrected chi connectivity index (χ3v) is 1.55. The standard InChI is InChI=1S/C7H16N4O/c1-5(4-12)3-11-7(10)6(9)2-8/h5-7,11-12H,3-4,9-10H2,1H3. The molecule has 12 heavy (non-hydrogen) atoms. The van der Waals surface area contributed by atoms with Crippen LogP contribution in [0, 0.1) is 17.2 Å². The minimum atomic E-state index is -0.698. The van der Waals surface area contributed by atoms with Crippen LogP contribution < -0.4 is 16.8 Å². The van der Waals surface area contributed by atoms with Gasteiger partial charge in [-0.15, -0.1) is 0 Å². The number of aliphatic hydroxyl groups is 1. The Balaban J connectivity index is 3.58. The van der Waals surface area contributed by atoms with Gasteiger partial charge >= 0.3 is 0 Å². The van der Waals surface area contributed by atoms with Gasteiger partial charge in [0, 0.05) is 13.2 Å². The second-order valence-electron chi connectivity index (χ2n) is 2.88. The summed E-state index contributed by atoms with van der Waals surface area (Å²) in [6.07, 6.45) is -0.524. The van der Waals surface area contributed by atoms with Gasteiger partial charge in [0.25, 0.3) is 0 Å². The summed E-state index contributed by atoms with van der Waals surface area (Å²) >= 11 is 0. The molecule has 0 aromatic rings. The van der Waals surface area contributed by atoms with E-state index < -0.39 is 12.2 Å². The first-order valence-electron chi connectivity index (χ1n) is 3.86. The smallest absolute Gasteiger partial charge is 0.121 e. The van der Waals surface area contributed by atoms with E-state index in [-0.39, 0.29) is 12.5 Å². The minimum absolute atomic E-state index is 0.0987. The molecular formula is C7H16N4O. The average molecular weight is 172 g/mol. The van der Waals surface area contributed by atoms with Gasteiger partial charge in [0.15, 0.2) is 0 Å². The third kappa shape index (κ3) is 4.26. The monoisotopic (exact) mass is 172 g/mol. The number of nitrogens with one attached hydrogen (secondary N) is 1. The normalized spacial score (nSPS) is 17.9. The minimum Gasteiger partial charge on any atom is -0.396 e. The Bertz CT molecular complexity index is 156. The highest BCUT2D eigenvalue weighted by Gasteiger charge is 2.11. The van der Waals surface area contributed by atoms with E-state index in [2.05, 4.69) is 5.32 Å². The Morgan fingerprint density at radius 2 is 2.17 bits per heavy atom. The predicted molar refractivity (Wildman–Crippen MR) is 45.8 cm³/mol. The Kier molecular flexibility index (Phi) is 5.58. The summed E-state index contributed by atoms with van der Waals surface area (Å²) in [4.78, 5) is 0. The zero-order valence-corrected chi connectivity index (χ0v) is 7.20. The SMILES string of the molecule is CC(CO)CNC(N)C(N)C#N. The van der Waals surface area contributed by atoms with E-state index in [4.69, 9.17) is 21.8 Å². The second kappa shape index (κ2) is 5.91. The van der Waals surface area contributed by atoms with E-state index in [9.17, 15) is 0 Å². The summed E-state index contributed by atoms with van der Waals surface area (Å²) < 4.78 is 0. The van der Waals surface area contributed by atoms with Crippen molar-refractivity contribution in [3.63, 3.8) is 0 Å². The molecule has 5 nitrogen and oxygen atoms in total. The third-order valence-electron chi connectivity index (χ3n) is 1.55. The van der Waals surface area contributed by atoms with Crippen molar-refractivity contribution in [2.24, 2.45) is 17.4 Å². The molecule has 0 aliphatic heterocycles. The van der Waals surface area contributed by atoms with Crippen LogP contribution in [0.5, 0.6) is 0 Å². The number of hydrogen-bond donors (Lipinski definition) is 4. The van der Waals surface area contributed by atoms with Crippen molar-refractivity contribution >= 4 is 0 Å². The van der Waals surface area contributed by atoms with E-state index in [0.29, 0.717) is 6.54 Å². The quantitative estimate of drug-likeness (QED) is 0.371. The molecule has 6 N–H and O–H groups in total. The topological polar surface area (TPSA) is 108 Å². The highest BCUT2D eigenvalue weighted by atomic mass is 16.3. The maximum atomic E-state index is 8.67. The first kappa shape index (κ1) is 11.3.